The summed E-state index contributed by atoms with van der Waals surface area (Å²) in [7, 11) is 0. The average Bonchev–Trinajstić information content (AvgIpc) is 2.89. The standard InChI is InChI=1S/C14H16N4O3/c1-9-3-2-6-17(8-9)14(19)13-11-7-10(18(20)21)4-5-12(11)15-16-13/h4-5,7,9H,2-3,6,8H2,1H3,(H,15,16). The number of amides is 1. The lowest BCUT2D eigenvalue weighted by atomic mass is 10.00. The van der Waals surface area contributed by atoms with Gasteiger partial charge in [0.25, 0.3) is 11.6 Å². The van der Waals surface area contributed by atoms with Crippen LogP contribution in [0, 0.1) is 16.0 Å². The number of carbonyl (C=O) groups excluding carboxylic acids is 1. The molecule has 1 unspecified atom stereocenters. The smallest absolute Gasteiger partial charge is 0.275 e. The number of H-pyrrole nitrogens is 1. The summed E-state index contributed by atoms with van der Waals surface area (Å²) in [6.45, 7) is 3.54. The van der Waals surface area contributed by atoms with Crippen molar-refractivity contribution in [1.82, 2.24) is 15.1 Å². The Kier molecular flexibility index (Phi) is 3.32. The molecule has 0 bridgehead atoms. The molecule has 2 aromatic rings. The number of likely N-dealkylation sites (tertiary alicyclic amines) is 1. The van der Waals surface area contributed by atoms with E-state index in [0.29, 0.717) is 29.9 Å². The Morgan fingerprint density at radius 3 is 3.05 bits per heavy atom. The van der Waals surface area contributed by atoms with Gasteiger partial charge in [-0.15, -0.1) is 0 Å². The molecule has 3 rings (SSSR count). The van der Waals surface area contributed by atoms with Crippen LogP contribution < -0.4 is 0 Å². The van der Waals surface area contributed by atoms with Gasteiger partial charge in [0.05, 0.1) is 10.4 Å². The Morgan fingerprint density at radius 2 is 2.33 bits per heavy atom. The zero-order chi connectivity index (χ0) is 15.0. The number of carbonyl (C=O) groups is 1. The molecule has 0 saturated carbocycles. The third-order valence-corrected chi connectivity index (χ3v) is 3.90. The fraction of sp³-hybridized carbons (Fsp3) is 0.429. The summed E-state index contributed by atoms with van der Waals surface area (Å²) in [5.74, 6) is 0.315. The number of nitrogens with one attached hydrogen (secondary N) is 1. The van der Waals surface area contributed by atoms with Crippen LogP contribution in [0.25, 0.3) is 10.9 Å². The van der Waals surface area contributed by atoms with E-state index in [1.54, 1.807) is 11.0 Å². The highest BCUT2D eigenvalue weighted by Gasteiger charge is 2.25. The Labute approximate surface area is 121 Å². The van der Waals surface area contributed by atoms with Crippen molar-refractivity contribution >= 4 is 22.5 Å². The van der Waals surface area contributed by atoms with Gasteiger partial charge in [0.2, 0.25) is 0 Å². The summed E-state index contributed by atoms with van der Waals surface area (Å²) >= 11 is 0. The summed E-state index contributed by atoms with van der Waals surface area (Å²) < 4.78 is 0. The maximum absolute atomic E-state index is 12.6. The van der Waals surface area contributed by atoms with Gasteiger partial charge in [-0.3, -0.25) is 20.0 Å². The number of aromatic nitrogens is 2. The lowest BCUT2D eigenvalue weighted by Crippen LogP contribution is -2.39. The summed E-state index contributed by atoms with van der Waals surface area (Å²) in [6.07, 6.45) is 2.10. The highest BCUT2D eigenvalue weighted by atomic mass is 16.6. The van der Waals surface area contributed by atoms with E-state index in [1.165, 1.54) is 12.1 Å². The number of aromatic amines is 1. The molecule has 1 aliphatic heterocycles. The van der Waals surface area contributed by atoms with Gasteiger partial charge in [0.15, 0.2) is 5.69 Å². The lowest BCUT2D eigenvalue weighted by Gasteiger charge is -2.30. The normalized spacial score (nSPS) is 18.9. The second kappa shape index (κ2) is 5.16. The van der Waals surface area contributed by atoms with Gasteiger partial charge < -0.3 is 4.90 Å². The average molecular weight is 288 g/mol. The Balaban J connectivity index is 1.97. The second-order valence-electron chi connectivity index (χ2n) is 5.56. The van der Waals surface area contributed by atoms with Crippen molar-refractivity contribution in [1.29, 1.82) is 0 Å². The first-order valence-corrected chi connectivity index (χ1v) is 6.98. The summed E-state index contributed by atoms with van der Waals surface area (Å²) in [5.41, 5.74) is 0.863. The van der Waals surface area contributed by atoms with Gasteiger partial charge in [-0.1, -0.05) is 6.92 Å². The third kappa shape index (κ3) is 2.46. The van der Waals surface area contributed by atoms with Crippen molar-refractivity contribution in [3.05, 3.63) is 34.0 Å². The number of rotatable bonds is 2. The van der Waals surface area contributed by atoms with Gasteiger partial charge >= 0.3 is 0 Å². The Hall–Kier alpha value is -2.44. The van der Waals surface area contributed by atoms with E-state index in [1.807, 2.05) is 0 Å². The zero-order valence-corrected chi connectivity index (χ0v) is 11.7. The molecule has 1 aromatic carbocycles. The third-order valence-electron chi connectivity index (χ3n) is 3.90. The number of piperidine rings is 1. The topological polar surface area (TPSA) is 92.1 Å². The SMILES string of the molecule is CC1CCCN(C(=O)c2n[nH]c3ccc([N+](=O)[O-])cc23)C1. The molecule has 21 heavy (non-hydrogen) atoms. The quantitative estimate of drug-likeness (QED) is 0.678. The first-order valence-electron chi connectivity index (χ1n) is 6.98. The molecule has 0 radical (unpaired) electrons. The predicted octanol–water partition coefficient (Wildman–Crippen LogP) is 2.34. The lowest BCUT2D eigenvalue weighted by molar-refractivity contribution is -0.384. The number of benzene rings is 1. The van der Waals surface area contributed by atoms with Crippen molar-refractivity contribution in [3.8, 4) is 0 Å². The molecule has 1 N–H and O–H groups in total. The van der Waals surface area contributed by atoms with Gasteiger partial charge in [-0.25, -0.2) is 0 Å². The van der Waals surface area contributed by atoms with Crippen LogP contribution in [0.3, 0.4) is 0 Å². The molecule has 0 aliphatic carbocycles. The molecular weight excluding hydrogens is 272 g/mol. The van der Waals surface area contributed by atoms with Crippen molar-refractivity contribution < 1.29 is 9.72 Å². The molecular formula is C14H16N4O3. The molecule has 0 spiro atoms. The maximum Gasteiger partial charge on any atom is 0.275 e. The molecule has 1 atom stereocenters. The first-order chi connectivity index (χ1) is 10.1. The number of hydrogen-bond donors (Lipinski definition) is 1. The molecule has 1 saturated heterocycles. The number of nitro benzene ring substituents is 1. The van der Waals surface area contributed by atoms with Gasteiger partial charge in [0.1, 0.15) is 0 Å². The van der Waals surface area contributed by atoms with Crippen molar-refractivity contribution in [3.63, 3.8) is 0 Å². The summed E-state index contributed by atoms with van der Waals surface area (Å²) in [5, 5.41) is 18.2. The van der Waals surface area contributed by atoms with Gasteiger partial charge in [-0.05, 0) is 24.8 Å². The van der Waals surface area contributed by atoms with E-state index in [4.69, 9.17) is 0 Å². The molecule has 1 fully saturated rings. The second-order valence-corrected chi connectivity index (χ2v) is 5.56. The Bertz CT molecular complexity index is 709. The van der Waals surface area contributed by atoms with Crippen LogP contribution in [-0.4, -0.2) is 39.0 Å². The maximum atomic E-state index is 12.6. The van der Waals surface area contributed by atoms with Crippen molar-refractivity contribution in [2.24, 2.45) is 5.92 Å². The highest BCUT2D eigenvalue weighted by Crippen LogP contribution is 2.24. The minimum absolute atomic E-state index is 0.0371. The predicted molar refractivity (Wildman–Crippen MR) is 77.0 cm³/mol. The summed E-state index contributed by atoms with van der Waals surface area (Å²) in [6, 6.07) is 4.38. The zero-order valence-electron chi connectivity index (χ0n) is 11.7. The number of nitrogens with zero attached hydrogens (tertiary/aromatic N) is 3. The van der Waals surface area contributed by atoms with E-state index in [9.17, 15) is 14.9 Å². The fourth-order valence-electron chi connectivity index (χ4n) is 2.80. The largest absolute Gasteiger partial charge is 0.337 e. The Morgan fingerprint density at radius 1 is 1.52 bits per heavy atom. The van der Waals surface area contributed by atoms with Crippen LogP contribution in [-0.2, 0) is 0 Å². The van der Waals surface area contributed by atoms with E-state index >= 15 is 0 Å². The van der Waals surface area contributed by atoms with E-state index in [2.05, 4.69) is 17.1 Å². The number of nitro groups is 1. The monoisotopic (exact) mass is 288 g/mol. The van der Waals surface area contributed by atoms with Crippen molar-refractivity contribution in [2.45, 2.75) is 19.8 Å². The van der Waals surface area contributed by atoms with Crippen molar-refractivity contribution in [2.75, 3.05) is 13.1 Å². The molecule has 1 aromatic heterocycles. The highest BCUT2D eigenvalue weighted by molar-refractivity contribution is 6.05. The first kappa shape index (κ1) is 13.5. The molecule has 110 valence electrons. The number of non-ortho nitro benzene ring substituents is 1. The minimum atomic E-state index is -0.469. The molecule has 7 nitrogen and oxygen atoms in total. The van der Waals surface area contributed by atoms with Crippen LogP contribution in [0.5, 0.6) is 0 Å². The van der Waals surface area contributed by atoms with Gasteiger partial charge in [-0.2, -0.15) is 5.10 Å². The van der Waals surface area contributed by atoms with Crippen LogP contribution in [0.4, 0.5) is 5.69 Å². The molecule has 1 aliphatic rings. The van der Waals surface area contributed by atoms with E-state index < -0.39 is 4.92 Å². The molecule has 1 amide bonds. The van der Waals surface area contributed by atoms with E-state index in [-0.39, 0.29) is 17.3 Å². The number of hydrogen-bond acceptors (Lipinski definition) is 4. The van der Waals surface area contributed by atoms with Gasteiger partial charge in [0, 0.05) is 30.6 Å². The minimum Gasteiger partial charge on any atom is -0.337 e. The van der Waals surface area contributed by atoms with E-state index in [0.717, 1.165) is 12.8 Å². The van der Waals surface area contributed by atoms with Crippen LogP contribution in [0.1, 0.15) is 30.3 Å². The summed E-state index contributed by atoms with van der Waals surface area (Å²) in [4.78, 5) is 24.8. The van der Waals surface area contributed by atoms with Crippen LogP contribution in [0.2, 0.25) is 0 Å². The van der Waals surface area contributed by atoms with Crippen LogP contribution >= 0.6 is 0 Å². The molecule has 2 heterocycles. The molecule has 7 heteroatoms. The number of fused-ring (bicyclic) bond motifs is 1. The van der Waals surface area contributed by atoms with Crippen LogP contribution in [0.15, 0.2) is 18.2 Å². The fourth-order valence-corrected chi connectivity index (χ4v) is 2.80.